The molecule has 8 nitrogen and oxygen atoms in total. The first-order chi connectivity index (χ1) is 11.4. The third-order valence-corrected chi connectivity index (χ3v) is 6.12. The number of aryl methyl sites for hydroxylation is 1. The maximum absolute atomic E-state index is 12.6. The topological polar surface area (TPSA) is 88.4 Å². The van der Waals surface area contributed by atoms with Crippen LogP contribution < -0.4 is 4.90 Å². The first-order valence-corrected chi connectivity index (χ1v) is 9.53. The van der Waals surface area contributed by atoms with Gasteiger partial charge in [-0.15, -0.1) is 0 Å². The van der Waals surface area contributed by atoms with Crippen molar-refractivity contribution in [3.63, 3.8) is 0 Å². The number of halogens is 1. The van der Waals surface area contributed by atoms with Crippen LogP contribution in [-0.4, -0.2) is 53.5 Å². The molecule has 0 saturated heterocycles. The summed E-state index contributed by atoms with van der Waals surface area (Å²) < 4.78 is 28.6. The molecule has 10 heteroatoms. The van der Waals surface area contributed by atoms with E-state index in [0.717, 1.165) is 15.2 Å². The van der Waals surface area contributed by atoms with Gasteiger partial charge >= 0.3 is 0 Å². The molecule has 0 bridgehead atoms. The summed E-state index contributed by atoms with van der Waals surface area (Å²) in [5.41, 5.74) is 0. The number of carbonyl (C=O) groups is 1. The molecule has 1 amide bonds. The number of fused-ring (bicyclic) bond motifs is 1. The smallest absolute Gasteiger partial charge is 0.244 e. The molecular formula is C14H16BrN5O3S. The first-order valence-electron chi connectivity index (χ1n) is 7.29. The van der Waals surface area contributed by atoms with Crippen LogP contribution in [0.25, 0.3) is 0 Å². The van der Waals surface area contributed by atoms with Gasteiger partial charge in [0.2, 0.25) is 21.9 Å². The van der Waals surface area contributed by atoms with Crippen molar-refractivity contribution in [1.29, 1.82) is 0 Å². The Morgan fingerprint density at radius 3 is 2.71 bits per heavy atom. The predicted molar refractivity (Wildman–Crippen MR) is 90.9 cm³/mol. The van der Waals surface area contributed by atoms with E-state index >= 15 is 0 Å². The van der Waals surface area contributed by atoms with Crippen molar-refractivity contribution in [3.8, 4) is 0 Å². The summed E-state index contributed by atoms with van der Waals surface area (Å²) in [6, 6.07) is 6.29. The molecule has 1 aliphatic heterocycles. The highest BCUT2D eigenvalue weighted by Crippen LogP contribution is 2.20. The third-order valence-electron chi connectivity index (χ3n) is 3.77. The van der Waals surface area contributed by atoms with Gasteiger partial charge in [0.15, 0.2) is 0 Å². The fraction of sp³-hybridized carbons (Fsp3) is 0.357. The Bertz CT molecular complexity index is 850. The fourth-order valence-corrected chi connectivity index (χ4v) is 3.87. The first kappa shape index (κ1) is 17.1. The van der Waals surface area contributed by atoms with E-state index in [9.17, 15) is 13.2 Å². The standard InChI is InChI=1S/C14H16BrN5O3S/c1-18(24(22,23)12-5-3-11(15)4-6-12)9-13(21)19-7-2-8-20-14(19)16-10-17-20/h3-6,10H,2,7-9H2,1H3. The molecule has 24 heavy (non-hydrogen) atoms. The lowest BCUT2D eigenvalue weighted by Crippen LogP contribution is -2.44. The zero-order valence-electron chi connectivity index (χ0n) is 13.0. The molecule has 1 aromatic carbocycles. The largest absolute Gasteiger partial charge is 0.280 e. The number of aromatic nitrogens is 3. The number of rotatable bonds is 4. The van der Waals surface area contributed by atoms with Gasteiger partial charge in [0.25, 0.3) is 0 Å². The second kappa shape index (κ2) is 6.61. The summed E-state index contributed by atoms with van der Waals surface area (Å²) >= 11 is 3.27. The van der Waals surface area contributed by atoms with Crippen LogP contribution in [0.1, 0.15) is 6.42 Å². The molecule has 3 rings (SSSR count). The van der Waals surface area contributed by atoms with Gasteiger partial charge in [-0.3, -0.25) is 9.69 Å². The fourth-order valence-electron chi connectivity index (χ4n) is 2.49. The highest BCUT2D eigenvalue weighted by molar-refractivity contribution is 9.10. The number of hydrogen-bond acceptors (Lipinski definition) is 5. The molecule has 0 spiro atoms. The normalized spacial score (nSPS) is 14.7. The molecule has 0 radical (unpaired) electrons. The number of benzene rings is 1. The van der Waals surface area contributed by atoms with E-state index in [0.29, 0.717) is 19.0 Å². The van der Waals surface area contributed by atoms with Crippen LogP contribution in [0.15, 0.2) is 40.0 Å². The minimum absolute atomic E-state index is 0.141. The lowest BCUT2D eigenvalue weighted by atomic mass is 10.3. The summed E-state index contributed by atoms with van der Waals surface area (Å²) in [4.78, 5) is 18.2. The van der Waals surface area contributed by atoms with Crippen molar-refractivity contribution in [2.45, 2.75) is 17.9 Å². The van der Waals surface area contributed by atoms with Crippen molar-refractivity contribution < 1.29 is 13.2 Å². The molecule has 1 aromatic heterocycles. The average molecular weight is 414 g/mol. The summed E-state index contributed by atoms with van der Waals surface area (Å²) in [5, 5.41) is 4.05. The van der Waals surface area contributed by atoms with Crippen molar-refractivity contribution in [1.82, 2.24) is 19.1 Å². The van der Waals surface area contributed by atoms with Crippen LogP contribution in [0.4, 0.5) is 5.95 Å². The molecule has 2 aromatic rings. The third kappa shape index (κ3) is 3.21. The SMILES string of the molecule is CN(CC(=O)N1CCCn2ncnc21)S(=O)(=O)c1ccc(Br)cc1. The number of sulfonamides is 1. The molecule has 0 fully saturated rings. The van der Waals surface area contributed by atoms with Crippen molar-refractivity contribution in [3.05, 3.63) is 35.1 Å². The lowest BCUT2D eigenvalue weighted by Gasteiger charge is -2.27. The van der Waals surface area contributed by atoms with Crippen LogP contribution in [0.2, 0.25) is 0 Å². The molecule has 0 saturated carbocycles. The molecule has 0 N–H and O–H groups in total. The van der Waals surface area contributed by atoms with E-state index in [4.69, 9.17) is 0 Å². The average Bonchev–Trinajstić information content (AvgIpc) is 3.03. The summed E-state index contributed by atoms with van der Waals surface area (Å²) in [5.74, 6) is 0.132. The molecule has 128 valence electrons. The van der Waals surface area contributed by atoms with E-state index in [1.807, 2.05) is 0 Å². The van der Waals surface area contributed by atoms with Crippen LogP contribution in [0.3, 0.4) is 0 Å². The van der Waals surface area contributed by atoms with Gasteiger partial charge < -0.3 is 0 Å². The monoisotopic (exact) mass is 413 g/mol. The maximum atomic E-state index is 12.6. The zero-order chi connectivity index (χ0) is 17.3. The second-order valence-electron chi connectivity index (χ2n) is 5.40. The maximum Gasteiger partial charge on any atom is 0.244 e. The zero-order valence-corrected chi connectivity index (χ0v) is 15.4. The number of amides is 1. The minimum Gasteiger partial charge on any atom is -0.280 e. The Morgan fingerprint density at radius 1 is 1.29 bits per heavy atom. The van der Waals surface area contributed by atoms with Crippen molar-refractivity contribution in [2.75, 3.05) is 25.0 Å². The summed E-state index contributed by atoms with van der Waals surface area (Å²) in [7, 11) is -2.34. The summed E-state index contributed by atoms with van der Waals surface area (Å²) in [6.07, 6.45) is 2.15. The molecule has 2 heterocycles. The number of hydrogen-bond donors (Lipinski definition) is 0. The van der Waals surface area contributed by atoms with Gasteiger partial charge in [0, 0.05) is 24.6 Å². The van der Waals surface area contributed by atoms with Gasteiger partial charge in [-0.05, 0) is 30.7 Å². The van der Waals surface area contributed by atoms with Crippen LogP contribution in [0.5, 0.6) is 0 Å². The Kier molecular flexibility index (Phi) is 4.70. The second-order valence-corrected chi connectivity index (χ2v) is 8.36. The summed E-state index contributed by atoms with van der Waals surface area (Å²) in [6.45, 7) is 0.946. The predicted octanol–water partition coefficient (Wildman–Crippen LogP) is 1.10. The van der Waals surface area contributed by atoms with Crippen molar-refractivity contribution in [2.24, 2.45) is 0 Å². The lowest BCUT2D eigenvalue weighted by molar-refractivity contribution is -0.118. The van der Waals surface area contributed by atoms with E-state index in [2.05, 4.69) is 26.0 Å². The van der Waals surface area contributed by atoms with Gasteiger partial charge in [-0.25, -0.2) is 13.1 Å². The number of nitrogens with zero attached hydrogens (tertiary/aromatic N) is 5. The van der Waals surface area contributed by atoms with Crippen LogP contribution >= 0.6 is 15.9 Å². The number of anilines is 1. The molecule has 1 aliphatic rings. The number of carbonyl (C=O) groups excluding carboxylic acids is 1. The Hall–Kier alpha value is -1.78. The highest BCUT2D eigenvalue weighted by Gasteiger charge is 2.29. The van der Waals surface area contributed by atoms with Gasteiger partial charge in [-0.2, -0.15) is 14.4 Å². The van der Waals surface area contributed by atoms with Crippen LogP contribution in [0, 0.1) is 0 Å². The minimum atomic E-state index is -3.73. The quantitative estimate of drug-likeness (QED) is 0.748. The van der Waals surface area contributed by atoms with E-state index < -0.39 is 10.0 Å². The van der Waals surface area contributed by atoms with E-state index in [1.54, 1.807) is 16.8 Å². The van der Waals surface area contributed by atoms with Gasteiger partial charge in [0.1, 0.15) is 6.33 Å². The molecule has 0 atom stereocenters. The Morgan fingerprint density at radius 2 is 2.00 bits per heavy atom. The van der Waals surface area contributed by atoms with Crippen LogP contribution in [-0.2, 0) is 21.4 Å². The van der Waals surface area contributed by atoms with E-state index in [-0.39, 0.29) is 17.3 Å². The molecular weight excluding hydrogens is 398 g/mol. The number of likely N-dealkylation sites (N-methyl/N-ethyl adjacent to an activating group) is 1. The van der Waals surface area contributed by atoms with Gasteiger partial charge in [0.05, 0.1) is 11.4 Å². The van der Waals surface area contributed by atoms with E-state index in [1.165, 1.54) is 30.4 Å². The molecule has 0 aliphatic carbocycles. The van der Waals surface area contributed by atoms with Gasteiger partial charge in [-0.1, -0.05) is 15.9 Å². The Labute approximate surface area is 148 Å². The van der Waals surface area contributed by atoms with Crippen molar-refractivity contribution >= 4 is 37.8 Å². The highest BCUT2D eigenvalue weighted by atomic mass is 79.9. The Balaban J connectivity index is 1.76. The molecule has 0 unspecified atom stereocenters.